The average molecular weight is 238 g/mol. The van der Waals surface area contributed by atoms with Crippen molar-refractivity contribution in [3.63, 3.8) is 0 Å². The number of hydrogen-bond donors (Lipinski definition) is 2. The highest BCUT2D eigenvalue weighted by Gasteiger charge is 1.97. The van der Waals surface area contributed by atoms with Crippen LogP contribution in [0.1, 0.15) is 5.56 Å². The normalized spacial score (nSPS) is 10.4. The summed E-state index contributed by atoms with van der Waals surface area (Å²) in [7, 11) is 0. The second-order valence-corrected chi connectivity index (χ2v) is 3.86. The Morgan fingerprint density at radius 1 is 1.06 bits per heavy atom. The third kappa shape index (κ3) is 3.49. The van der Waals surface area contributed by atoms with E-state index in [2.05, 4.69) is 5.32 Å². The minimum atomic E-state index is -0.176. The Morgan fingerprint density at radius 3 is 2.56 bits per heavy atom. The molecule has 0 bridgehead atoms. The SMILES string of the molecule is Nc1cccc(NC(=O)C=Cc2ccccc2)c1. The van der Waals surface area contributed by atoms with Gasteiger partial charge in [-0.1, -0.05) is 36.4 Å². The molecule has 0 heterocycles. The standard InChI is InChI=1S/C15H14N2O/c16-13-7-4-8-14(11-13)17-15(18)10-9-12-5-2-1-3-6-12/h1-11H,16H2,(H,17,18). The number of nitrogens with two attached hydrogens (primary N) is 1. The minimum absolute atomic E-state index is 0.176. The molecule has 0 spiro atoms. The Bertz CT molecular complexity index is 562. The van der Waals surface area contributed by atoms with Gasteiger partial charge in [0.15, 0.2) is 0 Å². The van der Waals surface area contributed by atoms with Gasteiger partial charge in [-0.05, 0) is 29.8 Å². The molecule has 0 unspecified atom stereocenters. The molecule has 0 radical (unpaired) electrons. The van der Waals surface area contributed by atoms with Gasteiger partial charge in [0, 0.05) is 17.5 Å². The quantitative estimate of drug-likeness (QED) is 0.638. The summed E-state index contributed by atoms with van der Waals surface area (Å²) in [6.07, 6.45) is 3.26. The predicted molar refractivity (Wildman–Crippen MR) is 75.0 cm³/mol. The van der Waals surface area contributed by atoms with Gasteiger partial charge in [0.1, 0.15) is 0 Å². The fourth-order valence-corrected chi connectivity index (χ4v) is 1.54. The lowest BCUT2D eigenvalue weighted by atomic mass is 10.2. The second-order valence-electron chi connectivity index (χ2n) is 3.86. The molecule has 0 aliphatic carbocycles. The third-order valence-electron chi connectivity index (χ3n) is 2.38. The van der Waals surface area contributed by atoms with E-state index < -0.39 is 0 Å². The van der Waals surface area contributed by atoms with Gasteiger partial charge in [0.25, 0.3) is 0 Å². The highest BCUT2D eigenvalue weighted by atomic mass is 16.1. The summed E-state index contributed by atoms with van der Waals surface area (Å²) >= 11 is 0. The second kappa shape index (κ2) is 5.68. The Hall–Kier alpha value is -2.55. The number of amides is 1. The Labute approximate surface area is 106 Å². The summed E-state index contributed by atoms with van der Waals surface area (Å²) in [5, 5.41) is 2.75. The average Bonchev–Trinajstić information content (AvgIpc) is 2.38. The van der Waals surface area contributed by atoms with Crippen molar-refractivity contribution in [3.05, 3.63) is 66.2 Å². The molecule has 0 aliphatic rings. The van der Waals surface area contributed by atoms with Gasteiger partial charge >= 0.3 is 0 Å². The van der Waals surface area contributed by atoms with Crippen LogP contribution >= 0.6 is 0 Å². The smallest absolute Gasteiger partial charge is 0.248 e. The fourth-order valence-electron chi connectivity index (χ4n) is 1.54. The van der Waals surface area contributed by atoms with E-state index in [1.54, 1.807) is 30.3 Å². The number of carbonyl (C=O) groups excluding carboxylic acids is 1. The van der Waals surface area contributed by atoms with Crippen molar-refractivity contribution in [1.29, 1.82) is 0 Å². The Morgan fingerprint density at radius 2 is 1.83 bits per heavy atom. The van der Waals surface area contributed by atoms with E-state index in [1.165, 1.54) is 6.08 Å². The molecule has 3 N–H and O–H groups in total. The first-order valence-corrected chi connectivity index (χ1v) is 5.64. The summed E-state index contributed by atoms with van der Waals surface area (Å²) in [6, 6.07) is 16.7. The molecule has 2 aromatic rings. The van der Waals surface area contributed by atoms with Crippen LogP contribution in [0.4, 0.5) is 11.4 Å². The lowest BCUT2D eigenvalue weighted by molar-refractivity contribution is -0.111. The maximum atomic E-state index is 11.7. The van der Waals surface area contributed by atoms with E-state index in [0.717, 1.165) is 5.56 Å². The van der Waals surface area contributed by atoms with Crippen LogP contribution in [0.15, 0.2) is 60.7 Å². The minimum Gasteiger partial charge on any atom is -0.399 e. The number of hydrogen-bond acceptors (Lipinski definition) is 2. The largest absolute Gasteiger partial charge is 0.399 e. The van der Waals surface area contributed by atoms with Crippen LogP contribution in [0.5, 0.6) is 0 Å². The van der Waals surface area contributed by atoms with Crippen LogP contribution in [0.3, 0.4) is 0 Å². The van der Waals surface area contributed by atoms with Crippen LogP contribution < -0.4 is 11.1 Å². The summed E-state index contributed by atoms with van der Waals surface area (Å²) < 4.78 is 0. The van der Waals surface area contributed by atoms with Gasteiger partial charge in [-0.25, -0.2) is 0 Å². The molecule has 18 heavy (non-hydrogen) atoms. The van der Waals surface area contributed by atoms with Crippen LogP contribution in [-0.2, 0) is 4.79 Å². The van der Waals surface area contributed by atoms with Crippen molar-refractivity contribution in [1.82, 2.24) is 0 Å². The zero-order valence-electron chi connectivity index (χ0n) is 9.84. The van der Waals surface area contributed by atoms with Gasteiger partial charge in [-0.15, -0.1) is 0 Å². The zero-order chi connectivity index (χ0) is 12.8. The first-order valence-electron chi connectivity index (χ1n) is 5.64. The number of carbonyl (C=O) groups is 1. The van der Waals surface area contributed by atoms with Crippen LogP contribution in [0, 0.1) is 0 Å². The molecule has 0 aliphatic heterocycles. The summed E-state index contributed by atoms with van der Waals surface area (Å²) in [5.41, 5.74) is 7.93. The van der Waals surface area contributed by atoms with E-state index >= 15 is 0 Å². The number of nitrogens with one attached hydrogen (secondary N) is 1. The molecule has 3 nitrogen and oxygen atoms in total. The molecular formula is C15H14N2O. The Kier molecular flexibility index (Phi) is 3.76. The molecule has 1 amide bonds. The number of rotatable bonds is 3. The lowest BCUT2D eigenvalue weighted by Crippen LogP contribution is -2.07. The molecule has 0 aromatic heterocycles. The van der Waals surface area contributed by atoms with Crippen molar-refractivity contribution in [2.45, 2.75) is 0 Å². The van der Waals surface area contributed by atoms with Gasteiger partial charge in [-0.2, -0.15) is 0 Å². The fraction of sp³-hybridized carbons (Fsp3) is 0. The van der Waals surface area contributed by atoms with Crippen molar-refractivity contribution in [2.75, 3.05) is 11.1 Å². The van der Waals surface area contributed by atoms with Crippen molar-refractivity contribution >= 4 is 23.4 Å². The van der Waals surface area contributed by atoms with Crippen molar-refractivity contribution in [2.24, 2.45) is 0 Å². The zero-order valence-corrected chi connectivity index (χ0v) is 9.84. The van der Waals surface area contributed by atoms with E-state index in [0.29, 0.717) is 11.4 Å². The highest BCUT2D eigenvalue weighted by molar-refractivity contribution is 6.02. The lowest BCUT2D eigenvalue weighted by Gasteiger charge is -2.02. The summed E-state index contributed by atoms with van der Waals surface area (Å²) in [4.78, 5) is 11.7. The van der Waals surface area contributed by atoms with E-state index in [-0.39, 0.29) is 5.91 Å². The van der Waals surface area contributed by atoms with E-state index in [9.17, 15) is 4.79 Å². The third-order valence-corrected chi connectivity index (χ3v) is 2.38. The van der Waals surface area contributed by atoms with Crippen LogP contribution in [-0.4, -0.2) is 5.91 Å². The molecular weight excluding hydrogens is 224 g/mol. The molecule has 3 heteroatoms. The highest BCUT2D eigenvalue weighted by Crippen LogP contribution is 2.11. The van der Waals surface area contributed by atoms with E-state index in [4.69, 9.17) is 5.73 Å². The van der Waals surface area contributed by atoms with Crippen molar-refractivity contribution in [3.8, 4) is 0 Å². The summed E-state index contributed by atoms with van der Waals surface area (Å²) in [6.45, 7) is 0. The first-order chi connectivity index (χ1) is 8.74. The number of benzene rings is 2. The van der Waals surface area contributed by atoms with Gasteiger partial charge in [-0.3, -0.25) is 4.79 Å². The van der Waals surface area contributed by atoms with Gasteiger partial charge in [0.05, 0.1) is 0 Å². The first kappa shape index (κ1) is 11.9. The molecule has 0 saturated carbocycles. The molecule has 2 rings (SSSR count). The molecule has 2 aromatic carbocycles. The van der Waals surface area contributed by atoms with Gasteiger partial charge < -0.3 is 11.1 Å². The van der Waals surface area contributed by atoms with Crippen LogP contribution in [0.25, 0.3) is 6.08 Å². The maximum Gasteiger partial charge on any atom is 0.248 e. The summed E-state index contributed by atoms with van der Waals surface area (Å²) in [5.74, 6) is -0.176. The molecule has 0 saturated heterocycles. The Balaban J connectivity index is 1.99. The molecule has 0 fully saturated rings. The molecule has 90 valence electrons. The van der Waals surface area contributed by atoms with E-state index in [1.807, 2.05) is 30.3 Å². The topological polar surface area (TPSA) is 55.1 Å². The van der Waals surface area contributed by atoms with Gasteiger partial charge in [0.2, 0.25) is 5.91 Å². The maximum absolute atomic E-state index is 11.7. The van der Waals surface area contributed by atoms with Crippen LogP contribution in [0.2, 0.25) is 0 Å². The number of anilines is 2. The molecule has 0 atom stereocenters. The predicted octanol–water partition coefficient (Wildman–Crippen LogP) is 2.92. The number of nitrogen functional groups attached to an aromatic ring is 1. The van der Waals surface area contributed by atoms with Crippen molar-refractivity contribution < 1.29 is 4.79 Å². The monoisotopic (exact) mass is 238 g/mol.